The highest BCUT2D eigenvalue weighted by Crippen LogP contribution is 2.22. The van der Waals surface area contributed by atoms with Crippen molar-refractivity contribution in [1.29, 1.82) is 0 Å². The maximum Gasteiger partial charge on any atom is 0.289 e. The second-order valence-electron chi connectivity index (χ2n) is 8.67. The fourth-order valence-electron chi connectivity index (χ4n) is 3.69. The molecule has 6 aromatic rings. The summed E-state index contributed by atoms with van der Waals surface area (Å²) in [5.74, 6) is 3.29. The van der Waals surface area contributed by atoms with Gasteiger partial charge in [0.05, 0.1) is 11.9 Å². The first kappa shape index (κ1) is 33.0. The molecule has 16 nitrogen and oxygen atoms in total. The Bertz CT molecular complexity index is 2110. The molecular weight excluding hydrogens is 668 g/mol. The molecule has 0 saturated heterocycles. The van der Waals surface area contributed by atoms with E-state index < -0.39 is 47.6 Å². The van der Waals surface area contributed by atoms with E-state index in [1.807, 2.05) is 0 Å². The van der Waals surface area contributed by atoms with Crippen molar-refractivity contribution in [3.05, 3.63) is 89.9 Å². The molecule has 3 aromatic heterocycles. The van der Waals surface area contributed by atoms with Crippen LogP contribution < -0.4 is 5.90 Å². The van der Waals surface area contributed by atoms with Crippen LogP contribution in [0.1, 0.15) is 17.1 Å². The smallest absolute Gasteiger partial charge is 0.289 e. The van der Waals surface area contributed by atoms with Gasteiger partial charge >= 0.3 is 0 Å². The van der Waals surface area contributed by atoms with E-state index in [9.17, 15) is 25.3 Å². The molecule has 0 aliphatic heterocycles. The predicted octanol–water partition coefficient (Wildman–Crippen LogP) is 3.59. The lowest BCUT2D eigenvalue weighted by Gasteiger charge is -1.96. The minimum atomic E-state index is -4.06. The van der Waals surface area contributed by atoms with Crippen molar-refractivity contribution >= 4 is 75.1 Å². The summed E-state index contributed by atoms with van der Waals surface area (Å²) >= 11 is 4.81. The monoisotopic (exact) mass is 688 g/mol. The van der Waals surface area contributed by atoms with E-state index >= 15 is 0 Å². The van der Waals surface area contributed by atoms with Gasteiger partial charge in [-0.05, 0) is 36.4 Å². The molecule has 0 spiro atoms. The Morgan fingerprint density at radius 3 is 1.30 bits per heavy atom. The number of rotatable bonds is 8. The number of hydrogen-bond acceptors (Lipinski definition) is 15. The molecule has 0 aliphatic rings. The summed E-state index contributed by atoms with van der Waals surface area (Å²) in [5.41, 5.74) is 2.36. The van der Waals surface area contributed by atoms with Crippen LogP contribution >= 0.6 is 11.9 Å². The highest BCUT2D eigenvalue weighted by atomic mass is 35.5. The number of nitrogens with two attached hydrogens (primary N) is 1. The molecule has 234 valence electrons. The van der Waals surface area contributed by atoms with Crippen LogP contribution in [0.3, 0.4) is 0 Å². The minimum Gasteiger partial charge on any atom is -0.356 e. The summed E-state index contributed by atoms with van der Waals surface area (Å²) in [7, 11) is -11.6. The zero-order valence-corrected chi connectivity index (χ0v) is 25.2. The van der Waals surface area contributed by atoms with Crippen molar-refractivity contribution in [2.75, 3.05) is 0 Å². The number of benzene rings is 3. The predicted molar refractivity (Wildman–Crippen MR) is 155 cm³/mol. The molecule has 0 atom stereocenters. The third-order valence-corrected chi connectivity index (χ3v) is 8.50. The first-order valence-electron chi connectivity index (χ1n) is 11.9. The lowest BCUT2D eigenvalue weighted by molar-refractivity contribution is 0.331. The quantitative estimate of drug-likeness (QED) is 0.171. The van der Waals surface area contributed by atoms with E-state index in [1.54, 1.807) is 72.8 Å². The largest absolute Gasteiger partial charge is 0.356 e. The Hall–Kier alpha value is -3.95. The van der Waals surface area contributed by atoms with E-state index in [4.69, 9.17) is 30.0 Å². The maximum atomic E-state index is 11.1. The summed E-state index contributed by atoms with van der Waals surface area (Å²) in [6, 6.07) is 20.7. The summed E-state index contributed by atoms with van der Waals surface area (Å²) in [4.78, 5) is 0. The summed E-state index contributed by atoms with van der Waals surface area (Å²) in [6.07, 6.45) is 0. The summed E-state index contributed by atoms with van der Waals surface area (Å²) in [5, 5.41) is 12.7. The molecule has 0 amide bonds. The second-order valence-corrected chi connectivity index (χ2v) is 13.6. The minimum absolute atomic E-state index is 0.225. The molecule has 0 fully saturated rings. The van der Waals surface area contributed by atoms with Crippen LogP contribution in [0.5, 0.6) is 0 Å². The van der Waals surface area contributed by atoms with E-state index in [2.05, 4.69) is 29.4 Å². The highest BCUT2D eigenvalue weighted by Gasteiger charge is 2.18. The number of hydrogen-bond donors (Lipinski definition) is 2. The molecule has 0 aliphatic carbocycles. The van der Waals surface area contributed by atoms with Crippen LogP contribution in [0.15, 0.2) is 86.4 Å². The van der Waals surface area contributed by atoms with E-state index in [0.29, 0.717) is 32.9 Å². The van der Waals surface area contributed by atoms with E-state index in [-0.39, 0.29) is 17.1 Å². The van der Waals surface area contributed by atoms with Gasteiger partial charge in [-0.25, -0.2) is 0 Å². The van der Waals surface area contributed by atoms with E-state index in [0.717, 1.165) is 0 Å². The summed E-state index contributed by atoms with van der Waals surface area (Å²) < 4.78 is 96.6. The van der Waals surface area contributed by atoms with Crippen LogP contribution in [-0.4, -0.2) is 45.3 Å². The van der Waals surface area contributed by atoms with Crippen LogP contribution in [0, 0.1) is 0 Å². The fourth-order valence-corrected chi connectivity index (χ4v) is 5.58. The molecule has 0 radical (unpaired) electrons. The third-order valence-electron chi connectivity index (χ3n) is 5.55. The second kappa shape index (κ2) is 13.8. The Morgan fingerprint density at radius 2 is 0.955 bits per heavy atom. The van der Waals surface area contributed by atoms with Gasteiger partial charge in [0.15, 0.2) is 16.7 Å². The van der Waals surface area contributed by atoms with Crippen molar-refractivity contribution in [2.45, 2.75) is 17.3 Å². The number of halogens is 1. The van der Waals surface area contributed by atoms with Crippen LogP contribution in [0.25, 0.3) is 32.9 Å². The Balaban J connectivity index is 0.000000151. The lowest BCUT2D eigenvalue weighted by atomic mass is 10.2. The van der Waals surface area contributed by atoms with E-state index in [1.165, 1.54) is 0 Å². The van der Waals surface area contributed by atoms with Gasteiger partial charge in [0.2, 0.25) is 0 Å². The number of aromatic nitrogens is 3. The molecule has 20 heteroatoms. The molecule has 6 rings (SSSR count). The van der Waals surface area contributed by atoms with Crippen molar-refractivity contribution in [1.82, 2.24) is 15.5 Å². The number of fused-ring (bicyclic) bond motifs is 3. The fraction of sp³-hybridized carbons (Fsp3) is 0.125. The molecular formula is C24H21ClN4O12S3. The zero-order chi connectivity index (χ0) is 32.0. The normalized spacial score (nSPS) is 12.1. The average Bonchev–Trinajstić information content (AvgIpc) is 3.71. The first-order chi connectivity index (χ1) is 20.8. The Kier molecular flexibility index (Phi) is 10.3. The molecule has 3 aromatic carbocycles. The average molecular weight is 689 g/mol. The van der Waals surface area contributed by atoms with Gasteiger partial charge in [-0.2, -0.15) is 39.2 Å². The molecule has 3 N–H and O–H groups in total. The van der Waals surface area contributed by atoms with Crippen molar-refractivity contribution in [3.63, 3.8) is 0 Å². The van der Waals surface area contributed by atoms with Gasteiger partial charge in [0, 0.05) is 16.2 Å². The Labute approximate surface area is 254 Å². The first-order valence-corrected chi connectivity index (χ1v) is 17.0. The topological polar surface area (TPSA) is 245 Å². The van der Waals surface area contributed by atoms with Crippen molar-refractivity contribution < 1.29 is 51.4 Å². The Morgan fingerprint density at radius 1 is 0.614 bits per heavy atom. The number of nitrogens with zero attached hydrogens (tertiary/aromatic N) is 3. The SMILES string of the molecule is NOS(=O)(=O)Cc1noc2ccccc12.O=S(=O)(Cc1noc2ccccc12)OCl.O=S(=O)(O)Cc1noc2ccccc12. The van der Waals surface area contributed by atoms with Gasteiger partial charge in [-0.15, -0.1) is 0 Å². The van der Waals surface area contributed by atoms with Crippen LogP contribution in [-0.2, 0) is 55.6 Å². The molecule has 44 heavy (non-hydrogen) atoms. The standard InChI is InChI=1S/C8H6ClNO4S.C8H8N2O4S.C8H7NO4S/c2*9-14-15(11,12)5-7-6-3-1-2-4-8(6)13-10-7;10-14(11,12)5-7-6-3-1-2-4-8(6)13-9-7/h1-4H,5H2;1-4H,5,9H2;1-4H,5H2,(H,10,11,12). The molecule has 0 unspecified atom stereocenters. The summed E-state index contributed by atoms with van der Waals surface area (Å²) in [6.45, 7) is 0. The number of para-hydroxylation sites is 3. The maximum absolute atomic E-state index is 11.1. The van der Waals surface area contributed by atoms with Crippen LogP contribution in [0.2, 0.25) is 0 Å². The van der Waals surface area contributed by atoms with Gasteiger partial charge < -0.3 is 13.6 Å². The highest BCUT2D eigenvalue weighted by molar-refractivity contribution is 7.86. The zero-order valence-electron chi connectivity index (χ0n) is 22.0. The van der Waals surface area contributed by atoms with Gasteiger partial charge in [-0.3, -0.25) is 4.55 Å². The van der Waals surface area contributed by atoms with Crippen LogP contribution in [0.4, 0.5) is 0 Å². The molecule has 0 bridgehead atoms. The molecule has 3 heterocycles. The van der Waals surface area contributed by atoms with Gasteiger partial charge in [0.1, 0.15) is 34.3 Å². The van der Waals surface area contributed by atoms with Gasteiger partial charge in [-0.1, -0.05) is 51.9 Å². The van der Waals surface area contributed by atoms with Gasteiger partial charge in [0.25, 0.3) is 30.4 Å². The van der Waals surface area contributed by atoms with Crippen molar-refractivity contribution in [3.8, 4) is 0 Å². The molecule has 0 saturated carbocycles. The van der Waals surface area contributed by atoms with Crippen molar-refractivity contribution in [2.24, 2.45) is 5.90 Å². The third kappa shape index (κ3) is 8.80. The lowest BCUT2D eigenvalue weighted by Crippen LogP contribution is -2.13.